The Balaban J connectivity index is 2.52. The minimum absolute atomic E-state index is 0.234. The Morgan fingerprint density at radius 1 is 1.18 bits per heavy atom. The van der Waals surface area contributed by atoms with Gasteiger partial charge >= 0.3 is 0 Å². The number of hydrogen-bond acceptors (Lipinski definition) is 3. The summed E-state index contributed by atoms with van der Waals surface area (Å²) in [6, 6.07) is 4.38. The summed E-state index contributed by atoms with van der Waals surface area (Å²) in [5.41, 5.74) is 0. The fourth-order valence-corrected chi connectivity index (χ4v) is 1.74. The minimum Gasteiger partial charge on any atom is -0.488 e. The van der Waals surface area contributed by atoms with Gasteiger partial charge in [-0.25, -0.2) is 4.39 Å². The van der Waals surface area contributed by atoms with Crippen molar-refractivity contribution in [1.29, 1.82) is 0 Å². The first-order valence-electron chi connectivity index (χ1n) is 5.47. The predicted octanol–water partition coefficient (Wildman–Crippen LogP) is 3.37. The molecular formula is C12H16BrFO3. The van der Waals surface area contributed by atoms with Crippen LogP contribution in [0.5, 0.6) is 5.75 Å². The van der Waals surface area contributed by atoms with Crippen LogP contribution in [0.15, 0.2) is 22.7 Å². The van der Waals surface area contributed by atoms with Crippen LogP contribution < -0.4 is 4.74 Å². The molecule has 0 unspecified atom stereocenters. The van der Waals surface area contributed by atoms with Crippen molar-refractivity contribution in [1.82, 2.24) is 0 Å². The molecule has 0 heterocycles. The highest BCUT2D eigenvalue weighted by Gasteiger charge is 2.09. The summed E-state index contributed by atoms with van der Waals surface area (Å²) in [5.74, 6) is 0.0972. The molecule has 0 aliphatic carbocycles. The first kappa shape index (κ1) is 14.4. The molecule has 3 nitrogen and oxygen atoms in total. The van der Waals surface area contributed by atoms with Crippen molar-refractivity contribution in [2.24, 2.45) is 0 Å². The smallest absolute Gasteiger partial charge is 0.191 e. The number of ether oxygens (including phenoxy) is 3. The van der Waals surface area contributed by atoms with E-state index in [1.165, 1.54) is 12.1 Å². The van der Waals surface area contributed by atoms with Crippen molar-refractivity contribution < 1.29 is 18.6 Å². The molecule has 0 saturated carbocycles. The highest BCUT2D eigenvalue weighted by molar-refractivity contribution is 9.10. The van der Waals surface area contributed by atoms with Crippen LogP contribution in [0.3, 0.4) is 0 Å². The van der Waals surface area contributed by atoms with Crippen molar-refractivity contribution in [3.63, 3.8) is 0 Å². The van der Waals surface area contributed by atoms with Crippen molar-refractivity contribution in [3.8, 4) is 5.75 Å². The molecule has 0 amide bonds. The maximum atomic E-state index is 13.1. The van der Waals surface area contributed by atoms with E-state index in [4.69, 9.17) is 14.2 Å². The Labute approximate surface area is 109 Å². The van der Waals surface area contributed by atoms with Crippen LogP contribution in [-0.4, -0.2) is 26.1 Å². The predicted molar refractivity (Wildman–Crippen MR) is 66.6 cm³/mol. The first-order chi connectivity index (χ1) is 8.15. The van der Waals surface area contributed by atoms with E-state index >= 15 is 0 Å². The Hall–Kier alpha value is -0.650. The van der Waals surface area contributed by atoms with Gasteiger partial charge in [0.2, 0.25) is 0 Å². The highest BCUT2D eigenvalue weighted by Crippen LogP contribution is 2.20. The average Bonchev–Trinajstić information content (AvgIpc) is 2.25. The Morgan fingerprint density at radius 3 is 2.35 bits per heavy atom. The van der Waals surface area contributed by atoms with Crippen molar-refractivity contribution >= 4 is 15.9 Å². The third kappa shape index (κ3) is 5.48. The van der Waals surface area contributed by atoms with Gasteiger partial charge in [-0.2, -0.15) is 0 Å². The summed E-state index contributed by atoms with van der Waals surface area (Å²) in [4.78, 5) is 0. The van der Waals surface area contributed by atoms with Gasteiger partial charge in [0, 0.05) is 23.8 Å². The second-order valence-corrected chi connectivity index (χ2v) is 4.17. The third-order valence-electron chi connectivity index (χ3n) is 1.93. The second kappa shape index (κ2) is 7.63. The van der Waals surface area contributed by atoms with E-state index in [9.17, 15) is 4.39 Å². The number of benzene rings is 1. The Morgan fingerprint density at radius 2 is 1.82 bits per heavy atom. The van der Waals surface area contributed by atoms with Gasteiger partial charge in [0.15, 0.2) is 6.29 Å². The SMILES string of the molecule is CCOC(COc1cc(F)cc(Br)c1)OCC. The molecule has 0 aromatic heterocycles. The second-order valence-electron chi connectivity index (χ2n) is 3.26. The zero-order chi connectivity index (χ0) is 12.7. The molecule has 0 radical (unpaired) electrons. The van der Waals surface area contributed by atoms with Gasteiger partial charge in [-0.3, -0.25) is 0 Å². The molecular weight excluding hydrogens is 291 g/mol. The first-order valence-corrected chi connectivity index (χ1v) is 6.27. The lowest BCUT2D eigenvalue weighted by atomic mass is 10.3. The molecule has 1 aromatic rings. The van der Waals surface area contributed by atoms with E-state index in [1.807, 2.05) is 13.8 Å². The number of halogens is 2. The van der Waals surface area contributed by atoms with Gasteiger partial charge in [0.1, 0.15) is 18.2 Å². The standard InChI is InChI=1S/C12H16BrFO3/c1-3-15-12(16-4-2)8-17-11-6-9(13)5-10(14)7-11/h5-7,12H,3-4,8H2,1-2H3. The Bertz CT molecular complexity index is 320. The lowest BCUT2D eigenvalue weighted by Gasteiger charge is -2.17. The van der Waals surface area contributed by atoms with Crippen molar-refractivity contribution in [2.45, 2.75) is 20.1 Å². The summed E-state index contributed by atoms with van der Waals surface area (Å²) in [5, 5.41) is 0. The molecule has 0 aliphatic rings. The molecule has 17 heavy (non-hydrogen) atoms. The van der Waals surface area contributed by atoms with Crippen molar-refractivity contribution in [2.75, 3.05) is 19.8 Å². The largest absolute Gasteiger partial charge is 0.488 e. The maximum absolute atomic E-state index is 13.1. The minimum atomic E-state index is -0.424. The van der Waals surface area contributed by atoms with Crippen LogP contribution in [0.2, 0.25) is 0 Å². The molecule has 0 N–H and O–H groups in total. The van der Waals surface area contributed by atoms with Crippen LogP contribution in [0.4, 0.5) is 4.39 Å². The summed E-state index contributed by atoms with van der Waals surface area (Å²) >= 11 is 3.20. The molecule has 0 atom stereocenters. The number of rotatable bonds is 7. The summed E-state index contributed by atoms with van der Waals surface area (Å²) < 4.78 is 29.8. The lowest BCUT2D eigenvalue weighted by Crippen LogP contribution is -2.25. The molecule has 0 fully saturated rings. The molecule has 5 heteroatoms. The van der Waals surface area contributed by atoms with Crippen molar-refractivity contribution in [3.05, 3.63) is 28.5 Å². The third-order valence-corrected chi connectivity index (χ3v) is 2.39. The van der Waals surface area contributed by atoms with Crippen LogP contribution in [0.1, 0.15) is 13.8 Å². The van der Waals surface area contributed by atoms with Gasteiger partial charge in [-0.1, -0.05) is 15.9 Å². The molecule has 96 valence electrons. The quantitative estimate of drug-likeness (QED) is 0.723. The van der Waals surface area contributed by atoms with E-state index < -0.39 is 6.29 Å². The monoisotopic (exact) mass is 306 g/mol. The van der Waals surface area contributed by atoms with E-state index in [0.717, 1.165) is 0 Å². The summed E-state index contributed by atoms with van der Waals surface area (Å²) in [7, 11) is 0. The van der Waals surface area contributed by atoms with Gasteiger partial charge in [-0.05, 0) is 26.0 Å². The van der Waals surface area contributed by atoms with E-state index in [1.54, 1.807) is 6.07 Å². The summed E-state index contributed by atoms with van der Waals surface area (Å²) in [6.07, 6.45) is -0.424. The molecule has 1 aromatic carbocycles. The highest BCUT2D eigenvalue weighted by atomic mass is 79.9. The van der Waals surface area contributed by atoms with Gasteiger partial charge < -0.3 is 14.2 Å². The maximum Gasteiger partial charge on any atom is 0.191 e. The average molecular weight is 307 g/mol. The van der Waals surface area contributed by atoms with Gasteiger partial charge in [-0.15, -0.1) is 0 Å². The lowest BCUT2D eigenvalue weighted by molar-refractivity contribution is -0.152. The van der Waals surface area contributed by atoms with E-state index in [2.05, 4.69) is 15.9 Å². The van der Waals surface area contributed by atoms with Crippen LogP contribution in [-0.2, 0) is 9.47 Å². The van der Waals surface area contributed by atoms with Crippen LogP contribution in [0, 0.1) is 5.82 Å². The zero-order valence-corrected chi connectivity index (χ0v) is 11.5. The molecule has 0 aliphatic heterocycles. The fraction of sp³-hybridized carbons (Fsp3) is 0.500. The van der Waals surface area contributed by atoms with Crippen LogP contribution in [0.25, 0.3) is 0 Å². The molecule has 0 saturated heterocycles. The topological polar surface area (TPSA) is 27.7 Å². The fourth-order valence-electron chi connectivity index (χ4n) is 1.29. The van der Waals surface area contributed by atoms with Crippen LogP contribution >= 0.6 is 15.9 Å². The Kier molecular flexibility index (Phi) is 6.47. The molecule has 1 rings (SSSR count). The normalized spacial score (nSPS) is 10.9. The molecule has 0 bridgehead atoms. The number of hydrogen-bond donors (Lipinski definition) is 0. The van der Waals surface area contributed by atoms with Gasteiger partial charge in [0.05, 0.1) is 0 Å². The zero-order valence-electron chi connectivity index (χ0n) is 9.91. The molecule has 0 spiro atoms. The summed E-state index contributed by atoms with van der Waals surface area (Å²) in [6.45, 7) is 5.08. The van der Waals surface area contributed by atoms with E-state index in [0.29, 0.717) is 23.4 Å². The van der Waals surface area contributed by atoms with E-state index in [-0.39, 0.29) is 12.4 Å². The van der Waals surface area contributed by atoms with Gasteiger partial charge in [0.25, 0.3) is 0 Å².